The number of carbonyl (C=O) groups is 2. The predicted octanol–water partition coefficient (Wildman–Crippen LogP) is 4.64. The van der Waals surface area contributed by atoms with Crippen LogP contribution in [0.2, 0.25) is 0 Å². The predicted molar refractivity (Wildman–Crippen MR) is 144 cm³/mol. The van der Waals surface area contributed by atoms with Crippen molar-refractivity contribution in [3.05, 3.63) is 86.9 Å². The zero-order chi connectivity index (χ0) is 25.9. The molecule has 0 saturated carbocycles. The molecule has 0 aliphatic carbocycles. The Morgan fingerprint density at radius 1 is 1.08 bits per heavy atom. The Labute approximate surface area is 215 Å². The summed E-state index contributed by atoms with van der Waals surface area (Å²) in [5.74, 6) is -1.13. The molecule has 0 aliphatic rings. The summed E-state index contributed by atoms with van der Waals surface area (Å²) in [5.41, 5.74) is 5.72. The number of nitrogens with one attached hydrogen (secondary N) is 3. The van der Waals surface area contributed by atoms with Crippen molar-refractivity contribution in [3.8, 4) is 0 Å². The summed E-state index contributed by atoms with van der Waals surface area (Å²) >= 11 is 1.22. The molecule has 9 heteroatoms. The van der Waals surface area contributed by atoms with Crippen LogP contribution >= 0.6 is 11.3 Å². The van der Waals surface area contributed by atoms with Crippen LogP contribution in [-0.4, -0.2) is 49.1 Å². The molecule has 2 aromatic carbocycles. The molecule has 2 amide bonds. The minimum absolute atomic E-state index is 0.293. The van der Waals surface area contributed by atoms with Crippen molar-refractivity contribution >= 4 is 35.1 Å². The van der Waals surface area contributed by atoms with Gasteiger partial charge < -0.3 is 15.5 Å². The van der Waals surface area contributed by atoms with E-state index >= 15 is 0 Å². The van der Waals surface area contributed by atoms with Crippen molar-refractivity contribution in [1.29, 1.82) is 0 Å². The minimum atomic E-state index is -0.456. The van der Waals surface area contributed by atoms with E-state index in [1.54, 1.807) is 23.6 Å². The van der Waals surface area contributed by atoms with E-state index in [0.717, 1.165) is 37.3 Å². The molecule has 0 fully saturated rings. The number of hydrazone groups is 1. The number of aryl methyl sites for hydroxylation is 1. The van der Waals surface area contributed by atoms with Crippen LogP contribution in [0.1, 0.15) is 50.6 Å². The Balaban J connectivity index is 1.60. The molecule has 3 aromatic rings. The van der Waals surface area contributed by atoms with Gasteiger partial charge in [0, 0.05) is 25.2 Å². The van der Waals surface area contributed by atoms with Crippen molar-refractivity contribution < 1.29 is 14.0 Å². The quantitative estimate of drug-likeness (QED) is 0.189. The first-order chi connectivity index (χ1) is 17.4. The molecule has 0 saturated heterocycles. The third-order valence-electron chi connectivity index (χ3n) is 5.67. The lowest BCUT2D eigenvalue weighted by Gasteiger charge is -2.18. The molecule has 3 rings (SSSR count). The number of rotatable bonds is 12. The second-order valence-corrected chi connectivity index (χ2v) is 9.11. The number of carbonyl (C=O) groups excluding carboxylic acids is 2. The number of hydrogen-bond donors (Lipinski definition) is 3. The van der Waals surface area contributed by atoms with Crippen molar-refractivity contribution in [3.63, 3.8) is 0 Å². The van der Waals surface area contributed by atoms with Crippen LogP contribution < -0.4 is 16.1 Å². The van der Waals surface area contributed by atoms with E-state index in [1.807, 2.05) is 25.1 Å². The summed E-state index contributed by atoms with van der Waals surface area (Å²) in [4.78, 5) is 28.4. The number of nitrogens with zero attached hydrogens (tertiary/aromatic N) is 2. The molecule has 0 aliphatic heterocycles. The lowest BCUT2D eigenvalue weighted by molar-refractivity contribution is 0.0960. The van der Waals surface area contributed by atoms with E-state index in [-0.39, 0.29) is 11.7 Å². The van der Waals surface area contributed by atoms with Crippen LogP contribution in [-0.2, 0) is 6.54 Å². The fourth-order valence-corrected chi connectivity index (χ4v) is 4.48. The van der Waals surface area contributed by atoms with E-state index in [4.69, 9.17) is 0 Å². The molecule has 190 valence electrons. The Kier molecular flexibility index (Phi) is 10.3. The fraction of sp³-hybridized carbons (Fsp3) is 0.296. The van der Waals surface area contributed by atoms with E-state index in [0.29, 0.717) is 28.2 Å². The van der Waals surface area contributed by atoms with Crippen molar-refractivity contribution in [1.82, 2.24) is 15.6 Å². The summed E-state index contributed by atoms with van der Waals surface area (Å²) < 4.78 is 13.3. The van der Waals surface area contributed by atoms with Crippen molar-refractivity contribution in [2.45, 2.75) is 27.3 Å². The van der Waals surface area contributed by atoms with Gasteiger partial charge in [0.2, 0.25) is 0 Å². The summed E-state index contributed by atoms with van der Waals surface area (Å²) in [6.07, 6.45) is 1.36. The van der Waals surface area contributed by atoms with E-state index in [1.165, 1.54) is 29.7 Å². The van der Waals surface area contributed by atoms with Gasteiger partial charge in [0.1, 0.15) is 10.7 Å². The van der Waals surface area contributed by atoms with Gasteiger partial charge in [-0.05, 0) is 66.3 Å². The van der Waals surface area contributed by atoms with Gasteiger partial charge >= 0.3 is 0 Å². The largest absolute Gasteiger partial charge is 0.320 e. The molecule has 0 radical (unpaired) electrons. The lowest BCUT2D eigenvalue weighted by atomic mass is 10.1. The lowest BCUT2D eigenvalue weighted by Crippen LogP contribution is -2.31. The highest BCUT2D eigenvalue weighted by molar-refractivity contribution is 7.13. The van der Waals surface area contributed by atoms with Crippen LogP contribution in [0.25, 0.3) is 0 Å². The van der Waals surface area contributed by atoms with E-state index in [9.17, 15) is 14.0 Å². The summed E-state index contributed by atoms with van der Waals surface area (Å²) in [6, 6.07) is 13.3. The third-order valence-corrected chi connectivity index (χ3v) is 6.76. The molecule has 0 spiro atoms. The van der Waals surface area contributed by atoms with Crippen LogP contribution in [0, 0.1) is 12.7 Å². The molecule has 36 heavy (non-hydrogen) atoms. The van der Waals surface area contributed by atoms with Gasteiger partial charge in [-0.15, -0.1) is 11.3 Å². The van der Waals surface area contributed by atoms with Crippen molar-refractivity contribution in [2.24, 2.45) is 5.10 Å². The van der Waals surface area contributed by atoms with Gasteiger partial charge in [0.25, 0.3) is 11.8 Å². The highest BCUT2D eigenvalue weighted by Gasteiger charge is 2.19. The third kappa shape index (κ3) is 7.81. The standard InChI is InChI=1S/C27H32FN5O2S/c1-4-33(5-2)13-12-29-16-20-8-6-10-22(14-20)26(34)31-24-19(3)18-36-25(24)27(35)32-30-17-21-9-7-11-23(28)15-21/h6-11,14-15,17-18,29H,4-5,12-13,16H2,1-3H3,(H,31,34)(H,32,35)/b30-17+. The molecular weight excluding hydrogens is 477 g/mol. The van der Waals surface area contributed by atoms with Crippen LogP contribution in [0.4, 0.5) is 10.1 Å². The molecule has 3 N–H and O–H groups in total. The maximum atomic E-state index is 13.3. The van der Waals surface area contributed by atoms with Gasteiger partial charge in [-0.2, -0.15) is 5.10 Å². The zero-order valence-corrected chi connectivity index (χ0v) is 21.6. The van der Waals surface area contributed by atoms with Gasteiger partial charge in [0.15, 0.2) is 0 Å². The number of halogens is 1. The van der Waals surface area contributed by atoms with Gasteiger partial charge in [-0.1, -0.05) is 38.1 Å². The number of likely N-dealkylation sites (N-methyl/N-ethyl adjacent to an activating group) is 1. The monoisotopic (exact) mass is 509 g/mol. The summed E-state index contributed by atoms with van der Waals surface area (Å²) in [5, 5.41) is 12.0. The number of hydrogen-bond acceptors (Lipinski definition) is 6. The average molecular weight is 510 g/mol. The Hall–Kier alpha value is -3.40. The fourth-order valence-electron chi connectivity index (χ4n) is 3.59. The van der Waals surface area contributed by atoms with Crippen LogP contribution in [0.5, 0.6) is 0 Å². The maximum absolute atomic E-state index is 13.3. The highest BCUT2D eigenvalue weighted by atomic mass is 32.1. The number of thiophene rings is 1. The average Bonchev–Trinajstić information content (AvgIpc) is 3.24. The van der Waals surface area contributed by atoms with Gasteiger partial charge in [-0.25, -0.2) is 9.82 Å². The maximum Gasteiger partial charge on any atom is 0.283 e. The number of benzene rings is 2. The van der Waals surface area contributed by atoms with E-state index in [2.05, 4.69) is 39.9 Å². The minimum Gasteiger partial charge on any atom is -0.320 e. The van der Waals surface area contributed by atoms with Gasteiger partial charge in [-0.3, -0.25) is 9.59 Å². The summed E-state index contributed by atoms with van der Waals surface area (Å²) in [6.45, 7) is 10.7. The smallest absolute Gasteiger partial charge is 0.283 e. The first-order valence-electron chi connectivity index (χ1n) is 11.9. The first-order valence-corrected chi connectivity index (χ1v) is 12.8. The van der Waals surface area contributed by atoms with Crippen LogP contribution in [0.3, 0.4) is 0 Å². The molecule has 1 heterocycles. The molecule has 0 unspecified atom stereocenters. The highest BCUT2D eigenvalue weighted by Crippen LogP contribution is 2.28. The Morgan fingerprint density at radius 3 is 2.61 bits per heavy atom. The Bertz CT molecular complexity index is 1210. The van der Waals surface area contributed by atoms with Crippen LogP contribution in [0.15, 0.2) is 59.0 Å². The number of anilines is 1. The second kappa shape index (κ2) is 13.6. The Morgan fingerprint density at radius 2 is 1.86 bits per heavy atom. The molecular formula is C27H32FN5O2S. The first kappa shape index (κ1) is 27.2. The molecule has 7 nitrogen and oxygen atoms in total. The molecule has 0 bridgehead atoms. The van der Waals surface area contributed by atoms with Crippen molar-refractivity contribution in [2.75, 3.05) is 31.5 Å². The molecule has 1 aromatic heterocycles. The zero-order valence-electron chi connectivity index (χ0n) is 20.8. The number of amides is 2. The summed E-state index contributed by atoms with van der Waals surface area (Å²) in [7, 11) is 0. The second-order valence-electron chi connectivity index (χ2n) is 8.24. The van der Waals surface area contributed by atoms with Gasteiger partial charge in [0.05, 0.1) is 11.9 Å². The normalized spacial score (nSPS) is 11.2. The SMILES string of the molecule is CCN(CC)CCNCc1cccc(C(=O)Nc2c(C)csc2C(=O)N/N=C/c2cccc(F)c2)c1. The molecule has 0 atom stereocenters. The van der Waals surface area contributed by atoms with E-state index < -0.39 is 5.91 Å². The topological polar surface area (TPSA) is 85.8 Å².